The topological polar surface area (TPSA) is 90.3 Å². The number of nitrogens with zero attached hydrogens (tertiary/aromatic N) is 3. The van der Waals surface area contributed by atoms with Gasteiger partial charge in [-0.05, 0) is 61.0 Å². The van der Waals surface area contributed by atoms with Crippen molar-refractivity contribution in [1.82, 2.24) is 14.8 Å². The summed E-state index contributed by atoms with van der Waals surface area (Å²) in [6, 6.07) is 17.0. The van der Waals surface area contributed by atoms with E-state index in [0.717, 1.165) is 11.1 Å². The van der Waals surface area contributed by atoms with Gasteiger partial charge in [-0.1, -0.05) is 46.9 Å². The molecule has 8 nitrogen and oxygen atoms in total. The van der Waals surface area contributed by atoms with Crippen LogP contribution >= 0.6 is 34.8 Å². The first-order valence-corrected chi connectivity index (χ1v) is 12.7. The first-order valence-electron chi connectivity index (χ1n) is 11.5. The Morgan fingerprint density at radius 2 is 1.79 bits per heavy atom. The van der Waals surface area contributed by atoms with Gasteiger partial charge in [0.05, 0.1) is 12.7 Å². The fourth-order valence-corrected chi connectivity index (χ4v) is 4.78. The molecule has 194 valence electrons. The average molecular weight is 571 g/mol. The minimum Gasteiger partial charge on any atom is -0.493 e. The molecule has 0 saturated heterocycles. The standard InChI is InChI=1S/C27H22Cl3N5O3/c1-15-24(26(36)34-20-8-6-18(28)7-9-20)25(35-27(33-15)31-14-32-35)16-4-10-22(23(11-16)37-2)38-13-17-3-5-19(29)12-21(17)30/h3-12,14,25H,13H2,1-2H3,(H,34,36)(H,31,32,33). The van der Waals surface area contributed by atoms with Crippen molar-refractivity contribution in [3.63, 3.8) is 0 Å². The number of hydrogen-bond donors (Lipinski definition) is 2. The molecule has 2 N–H and O–H groups in total. The Morgan fingerprint density at radius 1 is 1.03 bits per heavy atom. The Hall–Kier alpha value is -3.72. The summed E-state index contributed by atoms with van der Waals surface area (Å²) in [5.41, 5.74) is 3.28. The van der Waals surface area contributed by atoms with Crippen LogP contribution in [0.25, 0.3) is 0 Å². The minimum absolute atomic E-state index is 0.222. The molecule has 0 aliphatic carbocycles. The minimum atomic E-state index is -0.574. The number of hydrogen-bond acceptors (Lipinski definition) is 6. The second kappa shape index (κ2) is 10.9. The molecule has 3 aromatic carbocycles. The van der Waals surface area contributed by atoms with Gasteiger partial charge in [-0.2, -0.15) is 10.1 Å². The van der Waals surface area contributed by atoms with E-state index in [-0.39, 0.29) is 12.5 Å². The summed E-state index contributed by atoms with van der Waals surface area (Å²) in [7, 11) is 1.56. The van der Waals surface area contributed by atoms with Gasteiger partial charge >= 0.3 is 0 Å². The van der Waals surface area contributed by atoms with E-state index in [1.165, 1.54) is 6.33 Å². The second-order valence-corrected chi connectivity index (χ2v) is 9.77. The molecule has 38 heavy (non-hydrogen) atoms. The van der Waals surface area contributed by atoms with E-state index in [1.807, 2.05) is 25.1 Å². The Labute approximate surface area is 234 Å². The van der Waals surface area contributed by atoms with Crippen LogP contribution in [0.1, 0.15) is 24.1 Å². The van der Waals surface area contributed by atoms with Gasteiger partial charge in [0.1, 0.15) is 19.0 Å². The third-order valence-electron chi connectivity index (χ3n) is 6.04. The molecule has 1 aliphatic heterocycles. The lowest BCUT2D eigenvalue weighted by Gasteiger charge is -2.29. The highest BCUT2D eigenvalue weighted by molar-refractivity contribution is 6.35. The van der Waals surface area contributed by atoms with Crippen LogP contribution in [0.3, 0.4) is 0 Å². The van der Waals surface area contributed by atoms with E-state index in [9.17, 15) is 4.79 Å². The zero-order chi connectivity index (χ0) is 26.8. The van der Waals surface area contributed by atoms with Crippen molar-refractivity contribution >= 4 is 52.3 Å². The van der Waals surface area contributed by atoms with Crippen molar-refractivity contribution in [1.29, 1.82) is 0 Å². The van der Waals surface area contributed by atoms with Crippen molar-refractivity contribution in [2.24, 2.45) is 0 Å². The highest BCUT2D eigenvalue weighted by atomic mass is 35.5. The van der Waals surface area contributed by atoms with Gasteiger partial charge in [0.2, 0.25) is 5.95 Å². The van der Waals surface area contributed by atoms with Crippen molar-refractivity contribution in [3.8, 4) is 11.5 Å². The Bertz CT molecular complexity index is 1540. The lowest BCUT2D eigenvalue weighted by atomic mass is 9.94. The average Bonchev–Trinajstić information content (AvgIpc) is 3.36. The predicted molar refractivity (Wildman–Crippen MR) is 148 cm³/mol. The van der Waals surface area contributed by atoms with E-state index in [4.69, 9.17) is 44.3 Å². The van der Waals surface area contributed by atoms with Crippen molar-refractivity contribution < 1.29 is 14.3 Å². The molecule has 1 aromatic heterocycles. The van der Waals surface area contributed by atoms with Crippen LogP contribution < -0.4 is 20.1 Å². The number of amides is 1. The maximum absolute atomic E-state index is 13.5. The third-order valence-corrected chi connectivity index (χ3v) is 6.88. The van der Waals surface area contributed by atoms with Gasteiger partial charge < -0.3 is 20.1 Å². The van der Waals surface area contributed by atoms with E-state index >= 15 is 0 Å². The normalized spacial score (nSPS) is 14.5. The van der Waals surface area contributed by atoms with E-state index < -0.39 is 6.04 Å². The van der Waals surface area contributed by atoms with E-state index in [1.54, 1.807) is 54.3 Å². The van der Waals surface area contributed by atoms with Gasteiger partial charge in [-0.15, -0.1) is 0 Å². The number of anilines is 2. The van der Waals surface area contributed by atoms with Crippen LogP contribution in [0.4, 0.5) is 11.6 Å². The summed E-state index contributed by atoms with van der Waals surface area (Å²) >= 11 is 18.3. The molecule has 1 amide bonds. The van der Waals surface area contributed by atoms with E-state index in [2.05, 4.69) is 20.7 Å². The van der Waals surface area contributed by atoms with Crippen LogP contribution in [0.5, 0.6) is 11.5 Å². The molecule has 11 heteroatoms. The number of carbonyl (C=O) groups is 1. The maximum atomic E-state index is 13.5. The molecule has 0 fully saturated rings. The molecule has 0 saturated carbocycles. The molecular weight excluding hydrogens is 549 g/mol. The van der Waals surface area contributed by atoms with Crippen molar-refractivity contribution in [2.45, 2.75) is 19.6 Å². The molecule has 1 atom stereocenters. The Morgan fingerprint density at radius 3 is 2.53 bits per heavy atom. The summed E-state index contributed by atoms with van der Waals surface area (Å²) in [5, 5.41) is 12.1. The number of ether oxygens (including phenoxy) is 2. The molecule has 1 aliphatic rings. The quantitative estimate of drug-likeness (QED) is 0.255. The number of aromatic nitrogens is 3. The van der Waals surface area contributed by atoms with Gasteiger partial charge in [-0.3, -0.25) is 4.79 Å². The summed E-state index contributed by atoms with van der Waals surface area (Å²) < 4.78 is 13.3. The summed E-state index contributed by atoms with van der Waals surface area (Å²) in [6.07, 6.45) is 1.44. The molecule has 0 radical (unpaired) electrons. The number of nitrogens with one attached hydrogen (secondary N) is 2. The number of allylic oxidation sites excluding steroid dienone is 1. The zero-order valence-electron chi connectivity index (χ0n) is 20.3. The predicted octanol–water partition coefficient (Wildman–Crippen LogP) is 6.75. The van der Waals surface area contributed by atoms with Crippen LogP contribution in [0, 0.1) is 0 Å². The SMILES string of the molecule is COc1cc(C2C(C(=O)Nc3ccc(Cl)cc3)=C(C)Nc3ncnn32)ccc1OCc1ccc(Cl)cc1Cl. The van der Waals surface area contributed by atoms with Gasteiger partial charge in [-0.25, -0.2) is 4.68 Å². The number of rotatable bonds is 7. The van der Waals surface area contributed by atoms with Crippen molar-refractivity contribution in [2.75, 3.05) is 17.7 Å². The van der Waals surface area contributed by atoms with Crippen molar-refractivity contribution in [3.05, 3.63) is 104 Å². The molecule has 2 heterocycles. The molecule has 4 aromatic rings. The Kier molecular flexibility index (Phi) is 7.46. The van der Waals surface area contributed by atoms with Crippen LogP contribution in [0.2, 0.25) is 15.1 Å². The summed E-state index contributed by atoms with van der Waals surface area (Å²) in [6.45, 7) is 2.05. The monoisotopic (exact) mass is 569 g/mol. The summed E-state index contributed by atoms with van der Waals surface area (Å²) in [5.74, 6) is 1.23. The fourth-order valence-electron chi connectivity index (χ4n) is 4.19. The smallest absolute Gasteiger partial charge is 0.255 e. The number of fused-ring (bicyclic) bond motifs is 1. The highest BCUT2D eigenvalue weighted by Gasteiger charge is 2.34. The molecule has 1 unspecified atom stereocenters. The third kappa shape index (κ3) is 5.29. The number of methoxy groups -OCH3 is 1. The number of carbonyl (C=O) groups excluding carboxylic acids is 1. The highest BCUT2D eigenvalue weighted by Crippen LogP contribution is 2.39. The van der Waals surface area contributed by atoms with Crippen LogP contribution in [-0.4, -0.2) is 27.8 Å². The largest absolute Gasteiger partial charge is 0.493 e. The van der Waals surface area contributed by atoms with Crippen LogP contribution in [-0.2, 0) is 11.4 Å². The van der Waals surface area contributed by atoms with Gasteiger partial charge in [0.15, 0.2) is 11.5 Å². The van der Waals surface area contributed by atoms with E-state index in [0.29, 0.717) is 49.5 Å². The molecule has 5 rings (SSSR count). The number of benzene rings is 3. The first kappa shape index (κ1) is 25.9. The maximum Gasteiger partial charge on any atom is 0.255 e. The molecule has 0 bridgehead atoms. The Balaban J connectivity index is 1.46. The van der Waals surface area contributed by atoms with Gasteiger partial charge in [0, 0.05) is 32.0 Å². The first-order chi connectivity index (χ1) is 18.3. The zero-order valence-corrected chi connectivity index (χ0v) is 22.6. The summed E-state index contributed by atoms with van der Waals surface area (Å²) in [4.78, 5) is 17.8. The molecular formula is C27H22Cl3N5O3. The lowest BCUT2D eigenvalue weighted by Crippen LogP contribution is -2.31. The second-order valence-electron chi connectivity index (χ2n) is 8.49. The lowest BCUT2D eigenvalue weighted by molar-refractivity contribution is -0.113. The fraction of sp³-hybridized carbons (Fsp3) is 0.148. The van der Waals surface area contributed by atoms with Crippen LogP contribution in [0.15, 0.2) is 78.3 Å². The molecule has 0 spiro atoms. The van der Waals surface area contributed by atoms with Gasteiger partial charge in [0.25, 0.3) is 5.91 Å². The number of halogens is 3.